The summed E-state index contributed by atoms with van der Waals surface area (Å²) < 4.78 is 0. The Balaban J connectivity index is 4.81. The lowest BCUT2D eigenvalue weighted by Crippen LogP contribution is -2.49. The molecule has 90 valence electrons. The Morgan fingerprint density at radius 1 is 1.19 bits per heavy atom. The number of hydrogen-bond acceptors (Lipinski definition) is 6. The lowest BCUT2D eigenvalue weighted by molar-refractivity contribution is -0.150. The number of aldehydes is 1. The first kappa shape index (κ1) is 14.2. The first-order chi connectivity index (χ1) is 7.31. The fourth-order valence-corrected chi connectivity index (χ4v) is 1.07. The van der Waals surface area contributed by atoms with E-state index in [-0.39, 0.29) is 6.29 Å². The topological polar surface area (TPSA) is 161 Å². The van der Waals surface area contributed by atoms with Gasteiger partial charge >= 0.3 is 11.9 Å². The third-order valence-electron chi connectivity index (χ3n) is 1.87. The monoisotopic (exact) mass is 232 g/mol. The van der Waals surface area contributed by atoms with E-state index in [1.54, 1.807) is 0 Å². The summed E-state index contributed by atoms with van der Waals surface area (Å²) in [7, 11) is 0. The second kappa shape index (κ2) is 5.93. The molecule has 0 aromatic carbocycles. The number of aliphatic carboxylic acids is 2. The van der Waals surface area contributed by atoms with Crippen LogP contribution in [-0.2, 0) is 19.2 Å². The van der Waals surface area contributed by atoms with Gasteiger partial charge in [0.15, 0.2) is 5.78 Å². The molecule has 0 bridgehead atoms. The normalized spacial score (nSPS) is 15.9. The second-order valence-corrected chi connectivity index (χ2v) is 3.14. The number of carboxylic acid groups (broad SMARTS) is 2. The van der Waals surface area contributed by atoms with E-state index in [9.17, 15) is 19.2 Å². The third kappa shape index (κ3) is 3.75. The maximum Gasteiger partial charge on any atom is 0.316 e. The van der Waals surface area contributed by atoms with Crippen molar-refractivity contribution in [3.8, 4) is 0 Å². The fraction of sp³-hybridized carbons (Fsp3) is 0.500. The summed E-state index contributed by atoms with van der Waals surface area (Å²) in [6.07, 6.45) is -0.613. The van der Waals surface area contributed by atoms with E-state index in [0.29, 0.717) is 0 Å². The number of ketones is 1. The van der Waals surface area contributed by atoms with Crippen LogP contribution in [0.2, 0.25) is 0 Å². The molecular formula is C8H12N2O6. The predicted molar refractivity (Wildman–Crippen MR) is 50.4 cm³/mol. The molecule has 16 heavy (non-hydrogen) atoms. The molecule has 0 fully saturated rings. The lowest BCUT2D eigenvalue weighted by atomic mass is 9.91. The van der Waals surface area contributed by atoms with Gasteiger partial charge in [-0.3, -0.25) is 14.4 Å². The van der Waals surface area contributed by atoms with Gasteiger partial charge in [0.2, 0.25) is 0 Å². The molecule has 0 spiro atoms. The van der Waals surface area contributed by atoms with Gasteiger partial charge in [-0.15, -0.1) is 0 Å². The average molecular weight is 232 g/mol. The van der Waals surface area contributed by atoms with Crippen molar-refractivity contribution < 1.29 is 29.4 Å². The molecule has 0 radical (unpaired) electrons. The van der Waals surface area contributed by atoms with Gasteiger partial charge < -0.3 is 26.5 Å². The molecule has 0 aliphatic heterocycles. The summed E-state index contributed by atoms with van der Waals surface area (Å²) in [6.45, 7) is 0. The molecule has 0 aliphatic rings. The van der Waals surface area contributed by atoms with E-state index in [0.717, 1.165) is 0 Å². The summed E-state index contributed by atoms with van der Waals surface area (Å²) in [5, 5.41) is 17.0. The lowest BCUT2D eigenvalue weighted by Gasteiger charge is -2.17. The van der Waals surface area contributed by atoms with Crippen LogP contribution in [0, 0.1) is 5.92 Å². The highest BCUT2D eigenvalue weighted by Crippen LogP contribution is 2.07. The highest BCUT2D eigenvalue weighted by Gasteiger charge is 2.36. The first-order valence-corrected chi connectivity index (χ1v) is 4.26. The van der Waals surface area contributed by atoms with Crippen LogP contribution in [0.4, 0.5) is 0 Å². The number of carbonyl (C=O) groups is 4. The van der Waals surface area contributed by atoms with Crippen molar-refractivity contribution in [2.24, 2.45) is 17.4 Å². The largest absolute Gasteiger partial charge is 0.481 e. The molecule has 3 atom stereocenters. The minimum Gasteiger partial charge on any atom is -0.481 e. The van der Waals surface area contributed by atoms with Crippen LogP contribution in [0.15, 0.2) is 0 Å². The van der Waals surface area contributed by atoms with Gasteiger partial charge in [-0.1, -0.05) is 0 Å². The smallest absolute Gasteiger partial charge is 0.316 e. The summed E-state index contributed by atoms with van der Waals surface area (Å²) in [5.74, 6) is -5.84. The summed E-state index contributed by atoms with van der Waals surface area (Å²) in [5.41, 5.74) is 10.3. The van der Waals surface area contributed by atoms with Crippen LogP contribution in [0.25, 0.3) is 0 Å². The van der Waals surface area contributed by atoms with Gasteiger partial charge in [0.25, 0.3) is 0 Å². The minimum absolute atomic E-state index is 0.101. The average Bonchev–Trinajstić information content (AvgIpc) is 2.15. The molecule has 8 nitrogen and oxygen atoms in total. The zero-order valence-corrected chi connectivity index (χ0v) is 8.20. The molecule has 0 amide bonds. The van der Waals surface area contributed by atoms with Crippen molar-refractivity contribution in [1.29, 1.82) is 0 Å². The van der Waals surface area contributed by atoms with E-state index in [2.05, 4.69) is 0 Å². The van der Waals surface area contributed by atoms with Crippen molar-refractivity contribution in [3.05, 3.63) is 0 Å². The number of hydrogen-bond donors (Lipinski definition) is 4. The van der Waals surface area contributed by atoms with Crippen LogP contribution in [0.5, 0.6) is 0 Å². The number of Topliss-reactive ketones (excluding diaryl/α,β-unsaturated/α-hetero) is 1. The quantitative estimate of drug-likeness (QED) is 0.278. The first-order valence-electron chi connectivity index (χ1n) is 4.26. The Bertz CT molecular complexity index is 316. The molecular weight excluding hydrogens is 220 g/mol. The Hall–Kier alpha value is -1.80. The van der Waals surface area contributed by atoms with Crippen LogP contribution >= 0.6 is 0 Å². The predicted octanol–water partition coefficient (Wildman–Crippen LogP) is -2.42. The van der Waals surface area contributed by atoms with Gasteiger partial charge in [0.05, 0.1) is 18.5 Å². The van der Waals surface area contributed by atoms with Crippen LogP contribution in [0.1, 0.15) is 6.42 Å². The van der Waals surface area contributed by atoms with Gasteiger partial charge in [-0.05, 0) is 0 Å². The van der Waals surface area contributed by atoms with E-state index in [4.69, 9.17) is 21.7 Å². The van der Waals surface area contributed by atoms with Crippen molar-refractivity contribution in [1.82, 2.24) is 0 Å². The van der Waals surface area contributed by atoms with Crippen LogP contribution in [-0.4, -0.2) is 46.3 Å². The summed E-state index contributed by atoms with van der Waals surface area (Å²) in [4.78, 5) is 42.6. The Morgan fingerprint density at radius 2 is 1.69 bits per heavy atom. The molecule has 1 unspecified atom stereocenters. The molecule has 0 saturated heterocycles. The Labute approximate surface area is 90.2 Å². The van der Waals surface area contributed by atoms with E-state index in [1.165, 1.54) is 0 Å². The third-order valence-corrected chi connectivity index (χ3v) is 1.87. The standard InChI is InChI=1S/C8H12N2O6/c9-3(1-5(12)13)7(14)6(8(15)16)4(10)2-11/h2-4,6H,1,9-10H2,(H,12,13)(H,15,16)/t3-,4+,6?/m0/s1. The van der Waals surface area contributed by atoms with E-state index >= 15 is 0 Å². The molecule has 0 saturated carbocycles. The highest BCUT2D eigenvalue weighted by atomic mass is 16.4. The number of carbonyl (C=O) groups excluding carboxylic acids is 2. The Kier molecular flexibility index (Phi) is 5.26. The SMILES string of the molecule is N[C@H](C=O)C(C(=O)O)C(=O)[C@@H](N)CC(=O)O. The summed E-state index contributed by atoms with van der Waals surface area (Å²) in [6, 6.07) is -3.03. The zero-order valence-electron chi connectivity index (χ0n) is 8.20. The second-order valence-electron chi connectivity index (χ2n) is 3.14. The maximum atomic E-state index is 11.4. The molecule has 0 aromatic heterocycles. The molecule has 0 aliphatic carbocycles. The van der Waals surface area contributed by atoms with E-state index in [1.807, 2.05) is 0 Å². The van der Waals surface area contributed by atoms with Gasteiger partial charge in [0, 0.05) is 0 Å². The molecule has 6 N–H and O–H groups in total. The molecule has 0 aromatic rings. The zero-order chi connectivity index (χ0) is 12.9. The van der Waals surface area contributed by atoms with Crippen LogP contribution in [0.3, 0.4) is 0 Å². The molecule has 8 heteroatoms. The van der Waals surface area contributed by atoms with Gasteiger partial charge in [-0.2, -0.15) is 0 Å². The number of nitrogens with two attached hydrogens (primary N) is 2. The van der Waals surface area contributed by atoms with Crippen LogP contribution < -0.4 is 11.5 Å². The van der Waals surface area contributed by atoms with E-state index < -0.39 is 42.1 Å². The van der Waals surface area contributed by atoms with Gasteiger partial charge in [-0.25, -0.2) is 0 Å². The molecule has 0 rings (SSSR count). The van der Waals surface area contributed by atoms with Gasteiger partial charge in [0.1, 0.15) is 12.2 Å². The number of carboxylic acids is 2. The summed E-state index contributed by atoms with van der Waals surface area (Å²) >= 11 is 0. The van der Waals surface area contributed by atoms with Crippen molar-refractivity contribution >= 4 is 24.0 Å². The maximum absolute atomic E-state index is 11.4. The molecule has 0 heterocycles. The Morgan fingerprint density at radius 3 is 2.00 bits per heavy atom. The van der Waals surface area contributed by atoms with Crippen molar-refractivity contribution in [3.63, 3.8) is 0 Å². The fourth-order valence-electron chi connectivity index (χ4n) is 1.07. The minimum atomic E-state index is -1.81. The number of rotatable bonds is 7. The van der Waals surface area contributed by atoms with Crippen molar-refractivity contribution in [2.75, 3.05) is 0 Å². The van der Waals surface area contributed by atoms with Crippen molar-refractivity contribution in [2.45, 2.75) is 18.5 Å². The highest BCUT2D eigenvalue weighted by molar-refractivity contribution is 6.04.